The molecule has 0 aliphatic heterocycles. The Morgan fingerprint density at radius 2 is 2.24 bits per heavy atom. The van der Waals surface area contributed by atoms with Crippen LogP contribution in [0.1, 0.15) is 25.3 Å². The molecule has 2 nitrogen and oxygen atoms in total. The van der Waals surface area contributed by atoms with Gasteiger partial charge in [0, 0.05) is 24.3 Å². The summed E-state index contributed by atoms with van der Waals surface area (Å²) in [5.74, 6) is 0. The molecule has 1 aromatic carbocycles. The first kappa shape index (κ1) is 14.5. The van der Waals surface area contributed by atoms with Crippen LogP contribution in [0.25, 0.3) is 0 Å². The van der Waals surface area contributed by atoms with Gasteiger partial charge in [-0.2, -0.15) is 0 Å². The van der Waals surface area contributed by atoms with Crippen LogP contribution in [-0.2, 0) is 11.2 Å². The number of likely N-dealkylation sites (N-methyl/N-ethyl adjacent to an activating group) is 1. The molecule has 0 aliphatic rings. The predicted molar refractivity (Wildman–Crippen MR) is 73.7 cm³/mol. The molecule has 1 N–H and O–H groups in total. The lowest BCUT2D eigenvalue weighted by Gasteiger charge is -2.16. The number of halogens is 1. The summed E-state index contributed by atoms with van der Waals surface area (Å²) in [4.78, 5) is 0. The van der Waals surface area contributed by atoms with Gasteiger partial charge in [-0.3, -0.25) is 0 Å². The van der Waals surface area contributed by atoms with Crippen LogP contribution in [0.2, 0.25) is 5.02 Å². The van der Waals surface area contributed by atoms with E-state index in [4.69, 9.17) is 16.3 Å². The maximum atomic E-state index is 5.98. The van der Waals surface area contributed by atoms with E-state index in [9.17, 15) is 0 Å². The molecule has 0 saturated heterocycles. The third kappa shape index (κ3) is 6.06. The SMILES string of the molecule is CCOCCCC(Cc1cccc(Cl)c1)NC. The van der Waals surface area contributed by atoms with E-state index in [1.807, 2.05) is 32.2 Å². The Hall–Kier alpha value is -0.570. The first-order valence-electron chi connectivity index (χ1n) is 6.25. The molecule has 0 bridgehead atoms. The van der Waals surface area contributed by atoms with Crippen LogP contribution in [0.4, 0.5) is 0 Å². The minimum absolute atomic E-state index is 0.494. The zero-order valence-corrected chi connectivity index (χ0v) is 11.5. The third-order valence-electron chi connectivity index (χ3n) is 2.82. The summed E-state index contributed by atoms with van der Waals surface area (Å²) in [6, 6.07) is 8.57. The van der Waals surface area contributed by atoms with Gasteiger partial charge in [-0.15, -0.1) is 0 Å². The summed E-state index contributed by atoms with van der Waals surface area (Å²) in [7, 11) is 2.01. The molecule has 0 aliphatic carbocycles. The van der Waals surface area contributed by atoms with Crippen molar-refractivity contribution in [3.05, 3.63) is 34.9 Å². The molecule has 0 aromatic heterocycles. The third-order valence-corrected chi connectivity index (χ3v) is 3.06. The zero-order valence-electron chi connectivity index (χ0n) is 10.7. The summed E-state index contributed by atoms with van der Waals surface area (Å²) >= 11 is 5.98. The molecule has 1 unspecified atom stereocenters. The van der Waals surface area contributed by atoms with E-state index in [2.05, 4.69) is 11.4 Å². The second-order valence-corrected chi connectivity index (χ2v) is 4.60. The highest BCUT2D eigenvalue weighted by molar-refractivity contribution is 6.30. The number of benzene rings is 1. The fraction of sp³-hybridized carbons (Fsp3) is 0.571. The van der Waals surface area contributed by atoms with E-state index in [0.717, 1.165) is 37.5 Å². The highest BCUT2D eigenvalue weighted by atomic mass is 35.5. The highest BCUT2D eigenvalue weighted by Crippen LogP contribution is 2.13. The van der Waals surface area contributed by atoms with Crippen LogP contribution in [0.15, 0.2) is 24.3 Å². The highest BCUT2D eigenvalue weighted by Gasteiger charge is 2.07. The zero-order chi connectivity index (χ0) is 12.5. The van der Waals surface area contributed by atoms with Gasteiger partial charge < -0.3 is 10.1 Å². The summed E-state index contributed by atoms with van der Waals surface area (Å²) in [5.41, 5.74) is 1.29. The molecule has 1 aromatic rings. The van der Waals surface area contributed by atoms with Gasteiger partial charge in [0.1, 0.15) is 0 Å². The van der Waals surface area contributed by atoms with Crippen LogP contribution in [-0.4, -0.2) is 26.3 Å². The standard InChI is InChI=1S/C14H22ClNO/c1-3-17-9-5-8-14(16-2)11-12-6-4-7-13(15)10-12/h4,6-7,10,14,16H,3,5,8-9,11H2,1-2H3. The van der Waals surface area contributed by atoms with Gasteiger partial charge >= 0.3 is 0 Å². The lowest BCUT2D eigenvalue weighted by molar-refractivity contribution is 0.141. The van der Waals surface area contributed by atoms with Crippen molar-refractivity contribution in [1.82, 2.24) is 5.32 Å². The minimum Gasteiger partial charge on any atom is -0.382 e. The van der Waals surface area contributed by atoms with E-state index in [-0.39, 0.29) is 0 Å². The molecule has 0 amide bonds. The van der Waals surface area contributed by atoms with E-state index >= 15 is 0 Å². The van der Waals surface area contributed by atoms with E-state index in [1.54, 1.807) is 0 Å². The molecule has 0 heterocycles. The molecule has 1 atom stereocenters. The summed E-state index contributed by atoms with van der Waals surface area (Å²) in [6.45, 7) is 3.68. The molecule has 0 fully saturated rings. The Balaban J connectivity index is 2.35. The van der Waals surface area contributed by atoms with Crippen LogP contribution in [0.3, 0.4) is 0 Å². The van der Waals surface area contributed by atoms with Crippen LogP contribution >= 0.6 is 11.6 Å². The van der Waals surface area contributed by atoms with Crippen molar-refractivity contribution in [2.75, 3.05) is 20.3 Å². The predicted octanol–water partition coefficient (Wildman–Crippen LogP) is 3.29. The van der Waals surface area contributed by atoms with Gasteiger partial charge in [-0.25, -0.2) is 0 Å². The molecule has 1 rings (SSSR count). The van der Waals surface area contributed by atoms with Crippen LogP contribution < -0.4 is 5.32 Å². The van der Waals surface area contributed by atoms with Crippen molar-refractivity contribution < 1.29 is 4.74 Å². The first-order valence-corrected chi connectivity index (χ1v) is 6.63. The van der Waals surface area contributed by atoms with Crippen molar-refractivity contribution >= 4 is 11.6 Å². The molecular weight excluding hydrogens is 234 g/mol. The Labute approximate surface area is 109 Å². The van der Waals surface area contributed by atoms with Crippen molar-refractivity contribution in [3.63, 3.8) is 0 Å². The van der Waals surface area contributed by atoms with Gasteiger partial charge in [0.15, 0.2) is 0 Å². The minimum atomic E-state index is 0.494. The largest absolute Gasteiger partial charge is 0.382 e. The molecular formula is C14H22ClNO. The average Bonchev–Trinajstić information content (AvgIpc) is 2.33. The summed E-state index contributed by atoms with van der Waals surface area (Å²) in [5, 5.41) is 4.16. The number of rotatable bonds is 8. The van der Waals surface area contributed by atoms with Crippen molar-refractivity contribution in [1.29, 1.82) is 0 Å². The number of hydrogen-bond donors (Lipinski definition) is 1. The van der Waals surface area contributed by atoms with Crippen molar-refractivity contribution in [3.8, 4) is 0 Å². The van der Waals surface area contributed by atoms with Crippen molar-refractivity contribution in [2.45, 2.75) is 32.2 Å². The van der Waals surface area contributed by atoms with E-state index < -0.39 is 0 Å². The molecule has 17 heavy (non-hydrogen) atoms. The second-order valence-electron chi connectivity index (χ2n) is 4.16. The molecule has 0 radical (unpaired) electrons. The summed E-state index contributed by atoms with van der Waals surface area (Å²) in [6.07, 6.45) is 3.24. The monoisotopic (exact) mass is 255 g/mol. The fourth-order valence-electron chi connectivity index (χ4n) is 1.87. The van der Waals surface area contributed by atoms with Gasteiger partial charge in [0.25, 0.3) is 0 Å². The van der Waals surface area contributed by atoms with Gasteiger partial charge in [-0.1, -0.05) is 23.7 Å². The first-order chi connectivity index (χ1) is 8.26. The molecule has 96 valence electrons. The van der Waals surface area contributed by atoms with Crippen molar-refractivity contribution in [2.24, 2.45) is 0 Å². The Kier molecular flexibility index (Phi) is 7.25. The van der Waals surface area contributed by atoms with Crippen LogP contribution in [0, 0.1) is 0 Å². The fourth-order valence-corrected chi connectivity index (χ4v) is 2.09. The maximum Gasteiger partial charge on any atom is 0.0466 e. The normalized spacial score (nSPS) is 12.6. The smallest absolute Gasteiger partial charge is 0.0466 e. The lowest BCUT2D eigenvalue weighted by Crippen LogP contribution is -2.27. The average molecular weight is 256 g/mol. The lowest BCUT2D eigenvalue weighted by atomic mass is 10.0. The van der Waals surface area contributed by atoms with E-state index in [1.165, 1.54) is 5.56 Å². The number of hydrogen-bond acceptors (Lipinski definition) is 2. The quantitative estimate of drug-likeness (QED) is 0.720. The molecule has 0 spiro atoms. The topological polar surface area (TPSA) is 21.3 Å². The molecule has 0 saturated carbocycles. The summed E-state index contributed by atoms with van der Waals surface area (Å²) < 4.78 is 5.35. The van der Waals surface area contributed by atoms with Gasteiger partial charge in [0.05, 0.1) is 0 Å². The Morgan fingerprint density at radius 3 is 2.88 bits per heavy atom. The maximum absolute atomic E-state index is 5.98. The Bertz CT molecular complexity index is 317. The Morgan fingerprint density at radius 1 is 1.41 bits per heavy atom. The number of nitrogens with one attached hydrogen (secondary N) is 1. The number of ether oxygens (including phenoxy) is 1. The molecule has 3 heteroatoms. The van der Waals surface area contributed by atoms with Gasteiger partial charge in [0.2, 0.25) is 0 Å². The van der Waals surface area contributed by atoms with Crippen LogP contribution in [0.5, 0.6) is 0 Å². The van der Waals surface area contributed by atoms with Gasteiger partial charge in [-0.05, 0) is 50.9 Å². The second kappa shape index (κ2) is 8.51. The van der Waals surface area contributed by atoms with E-state index in [0.29, 0.717) is 6.04 Å².